The summed E-state index contributed by atoms with van der Waals surface area (Å²) in [5.41, 5.74) is 7.12. The second-order valence-corrected chi connectivity index (χ2v) is 12.9. The number of benzene rings is 2. The number of amides is 1. The molecule has 1 aliphatic carbocycles. The molecule has 1 amide bonds. The number of ether oxygens (including phenoxy) is 1. The Labute approximate surface area is 265 Å². The molecule has 5 aromatic rings. The normalized spacial score (nSPS) is 14.8. The number of rotatable bonds is 9. The monoisotopic (exact) mass is 602 g/mol. The van der Waals surface area contributed by atoms with Gasteiger partial charge in [-0.3, -0.25) is 19.8 Å². The Morgan fingerprint density at radius 2 is 1.64 bits per heavy atom. The van der Waals surface area contributed by atoms with Gasteiger partial charge in [0.2, 0.25) is 0 Å². The Morgan fingerprint density at radius 3 is 2.42 bits per heavy atom. The van der Waals surface area contributed by atoms with E-state index >= 15 is 0 Å². The van der Waals surface area contributed by atoms with Crippen LogP contribution >= 0.6 is 0 Å². The van der Waals surface area contributed by atoms with Gasteiger partial charge < -0.3 is 9.30 Å². The van der Waals surface area contributed by atoms with Crippen molar-refractivity contribution in [3.8, 4) is 0 Å². The highest BCUT2D eigenvalue weighted by atomic mass is 16.6. The first kappa shape index (κ1) is 30.5. The van der Waals surface area contributed by atoms with Crippen LogP contribution in [0.15, 0.2) is 91.3 Å². The third-order valence-corrected chi connectivity index (χ3v) is 8.29. The zero-order chi connectivity index (χ0) is 31.4. The Balaban J connectivity index is 1.21. The number of fused-ring (bicyclic) bond motifs is 2. The van der Waals surface area contributed by atoms with E-state index in [4.69, 9.17) is 14.7 Å². The fraction of sp³-hybridized carbons (Fsp3) is 0.351. The number of hydrogen-bond acceptors (Lipinski definition) is 6. The third-order valence-electron chi connectivity index (χ3n) is 8.29. The highest BCUT2D eigenvalue weighted by molar-refractivity contribution is 5.76. The lowest BCUT2D eigenvalue weighted by Gasteiger charge is -2.32. The molecular weight excluding hydrogens is 560 g/mol. The number of hydrogen-bond donors (Lipinski definition) is 0. The SMILES string of the molecule is CN(Cc1nc2ccccc2n1Cc1ccc(CN(Cc2ccccn2)C(=O)OC(C)(C)C)cc1)C1CCCc2cccnc21. The molecule has 6 rings (SSSR count). The molecular formula is C37H42N6O2. The largest absolute Gasteiger partial charge is 0.444 e. The van der Waals surface area contributed by atoms with Gasteiger partial charge in [-0.1, -0.05) is 48.5 Å². The van der Waals surface area contributed by atoms with Crippen LogP contribution in [-0.2, 0) is 37.3 Å². The van der Waals surface area contributed by atoms with Gasteiger partial charge >= 0.3 is 6.09 Å². The van der Waals surface area contributed by atoms with Crippen LogP contribution in [0, 0.1) is 0 Å². The topological polar surface area (TPSA) is 76.4 Å². The number of carbonyl (C=O) groups is 1. The average Bonchev–Trinajstić information content (AvgIpc) is 3.37. The van der Waals surface area contributed by atoms with Crippen LogP contribution in [0.25, 0.3) is 11.0 Å². The van der Waals surface area contributed by atoms with Gasteiger partial charge in [0.1, 0.15) is 11.4 Å². The van der Waals surface area contributed by atoms with Crippen LogP contribution in [-0.4, -0.2) is 48.1 Å². The van der Waals surface area contributed by atoms with Crippen LogP contribution in [0.2, 0.25) is 0 Å². The van der Waals surface area contributed by atoms with Crippen molar-refractivity contribution in [2.24, 2.45) is 0 Å². The van der Waals surface area contributed by atoms with Gasteiger partial charge in [-0.2, -0.15) is 0 Å². The molecule has 1 atom stereocenters. The summed E-state index contributed by atoms with van der Waals surface area (Å²) in [5, 5.41) is 0. The Bertz CT molecular complexity index is 1740. The van der Waals surface area contributed by atoms with Crippen LogP contribution in [0.1, 0.15) is 73.6 Å². The third kappa shape index (κ3) is 7.40. The molecule has 0 fully saturated rings. The molecule has 0 bridgehead atoms. The molecule has 232 valence electrons. The van der Waals surface area contributed by atoms with Crippen LogP contribution in [0.4, 0.5) is 4.79 Å². The van der Waals surface area contributed by atoms with E-state index in [-0.39, 0.29) is 12.1 Å². The Kier molecular flexibility index (Phi) is 8.94. The minimum Gasteiger partial charge on any atom is -0.444 e. The van der Waals surface area contributed by atoms with Gasteiger partial charge in [0.15, 0.2) is 0 Å². The number of pyridine rings is 2. The number of para-hydroxylation sites is 2. The fourth-order valence-electron chi connectivity index (χ4n) is 6.12. The summed E-state index contributed by atoms with van der Waals surface area (Å²) >= 11 is 0. The molecule has 45 heavy (non-hydrogen) atoms. The van der Waals surface area contributed by atoms with E-state index in [1.54, 1.807) is 11.1 Å². The number of carbonyl (C=O) groups excluding carboxylic acids is 1. The minimum atomic E-state index is -0.584. The molecule has 0 N–H and O–H groups in total. The van der Waals surface area contributed by atoms with Crippen molar-refractivity contribution < 1.29 is 9.53 Å². The first-order valence-corrected chi connectivity index (χ1v) is 15.8. The zero-order valence-corrected chi connectivity index (χ0v) is 26.7. The van der Waals surface area contributed by atoms with Crippen molar-refractivity contribution in [2.45, 2.75) is 77.9 Å². The predicted octanol–water partition coefficient (Wildman–Crippen LogP) is 7.32. The molecule has 2 aromatic carbocycles. The minimum absolute atomic E-state index is 0.279. The van der Waals surface area contributed by atoms with E-state index in [0.717, 1.165) is 47.5 Å². The second-order valence-electron chi connectivity index (χ2n) is 12.9. The van der Waals surface area contributed by atoms with Gasteiger partial charge in [-0.25, -0.2) is 9.78 Å². The molecule has 8 nitrogen and oxygen atoms in total. The lowest BCUT2D eigenvalue weighted by molar-refractivity contribution is 0.0214. The van der Waals surface area contributed by atoms with Crippen molar-refractivity contribution in [2.75, 3.05) is 7.05 Å². The fourth-order valence-corrected chi connectivity index (χ4v) is 6.12. The Hall–Kier alpha value is -4.56. The number of imidazole rings is 1. The summed E-state index contributed by atoms with van der Waals surface area (Å²) in [6, 6.07) is 27.1. The summed E-state index contributed by atoms with van der Waals surface area (Å²) in [6.07, 6.45) is 6.67. The molecule has 1 unspecified atom stereocenters. The molecule has 0 spiro atoms. The van der Waals surface area contributed by atoms with E-state index < -0.39 is 5.60 Å². The van der Waals surface area contributed by atoms with E-state index in [0.29, 0.717) is 19.6 Å². The highest BCUT2D eigenvalue weighted by Gasteiger charge is 2.27. The summed E-state index contributed by atoms with van der Waals surface area (Å²) in [5.74, 6) is 1.04. The second kappa shape index (κ2) is 13.2. The smallest absolute Gasteiger partial charge is 0.410 e. The first-order valence-electron chi connectivity index (χ1n) is 15.8. The van der Waals surface area contributed by atoms with Crippen molar-refractivity contribution >= 4 is 17.1 Å². The van der Waals surface area contributed by atoms with Crippen LogP contribution in [0.5, 0.6) is 0 Å². The van der Waals surface area contributed by atoms with Crippen LogP contribution in [0.3, 0.4) is 0 Å². The van der Waals surface area contributed by atoms with Gasteiger partial charge in [0.05, 0.1) is 41.6 Å². The number of aromatic nitrogens is 4. The maximum absolute atomic E-state index is 13.1. The summed E-state index contributed by atoms with van der Waals surface area (Å²) in [6.45, 7) is 7.88. The van der Waals surface area contributed by atoms with Gasteiger partial charge in [0.25, 0.3) is 0 Å². The van der Waals surface area contributed by atoms with Crippen molar-refractivity contribution in [1.82, 2.24) is 29.3 Å². The lowest BCUT2D eigenvalue weighted by atomic mass is 9.91. The predicted molar refractivity (Wildman–Crippen MR) is 176 cm³/mol. The van der Waals surface area contributed by atoms with E-state index in [9.17, 15) is 4.79 Å². The standard InChI is InChI=1S/C37H42N6O2/c1-37(2,3)45-36(44)42(25-30-13-7-8-21-38-30)23-27-17-19-28(20-18-27)24-43-32-15-6-5-14-31(32)40-34(43)26-41(4)33-16-9-11-29-12-10-22-39-35(29)33/h5-8,10,12-15,17-22,33H,9,11,16,23-26H2,1-4H3. The number of aryl methyl sites for hydroxylation is 1. The molecule has 0 radical (unpaired) electrons. The van der Waals surface area contributed by atoms with Crippen molar-refractivity contribution in [3.63, 3.8) is 0 Å². The van der Waals surface area contributed by atoms with E-state index in [1.165, 1.54) is 23.2 Å². The first-order chi connectivity index (χ1) is 21.7. The molecule has 8 heteroatoms. The zero-order valence-electron chi connectivity index (χ0n) is 26.7. The molecule has 1 aliphatic rings. The lowest BCUT2D eigenvalue weighted by Crippen LogP contribution is -2.36. The van der Waals surface area contributed by atoms with E-state index in [2.05, 4.69) is 70.0 Å². The summed E-state index contributed by atoms with van der Waals surface area (Å²) in [7, 11) is 2.19. The van der Waals surface area contributed by atoms with Gasteiger partial charge in [-0.15, -0.1) is 0 Å². The van der Waals surface area contributed by atoms with Crippen molar-refractivity contribution in [1.29, 1.82) is 0 Å². The maximum Gasteiger partial charge on any atom is 0.410 e. The highest BCUT2D eigenvalue weighted by Crippen LogP contribution is 2.33. The summed E-state index contributed by atoms with van der Waals surface area (Å²) < 4.78 is 8.06. The van der Waals surface area contributed by atoms with Gasteiger partial charge in [-0.05, 0) is 94.1 Å². The Morgan fingerprint density at radius 1 is 0.889 bits per heavy atom. The average molecular weight is 603 g/mol. The maximum atomic E-state index is 13.1. The van der Waals surface area contributed by atoms with E-state index in [1.807, 2.05) is 57.3 Å². The summed E-state index contributed by atoms with van der Waals surface area (Å²) in [4.78, 5) is 31.5. The van der Waals surface area contributed by atoms with Gasteiger partial charge in [0, 0.05) is 25.5 Å². The van der Waals surface area contributed by atoms with Crippen molar-refractivity contribution in [3.05, 3.63) is 125 Å². The molecule has 0 saturated carbocycles. The van der Waals surface area contributed by atoms with Crippen LogP contribution < -0.4 is 0 Å². The molecule has 0 aliphatic heterocycles. The quantitative estimate of drug-likeness (QED) is 0.176. The molecule has 3 aromatic heterocycles. The number of nitrogens with zero attached hydrogens (tertiary/aromatic N) is 6. The molecule has 3 heterocycles. The molecule has 0 saturated heterocycles.